The van der Waals surface area contributed by atoms with Crippen LogP contribution in [-0.4, -0.2) is 239 Å². The Balaban J connectivity index is 1.28. The zero-order valence-electron chi connectivity index (χ0n) is 49.4. The van der Waals surface area contributed by atoms with Gasteiger partial charge in [-0.2, -0.15) is 0 Å². The molecule has 1 aliphatic heterocycles. The number of anilines is 1. The highest BCUT2D eigenvalue weighted by atomic mass is 16.6. The van der Waals surface area contributed by atoms with E-state index in [9.17, 15) is 33.6 Å². The summed E-state index contributed by atoms with van der Waals surface area (Å²) in [6.45, 7) is 15.5. The molecule has 3 atom stereocenters. The SMILES string of the molecule is CCC(=O)OCc1ccc(NC(=O)[C@H](CCCNC(N)=O)NC(=O)[C@@H](NC(=O)C#C[C@H](c2cn(CCOCCOCCOCCOCCOCCOCCOCCOCCOCCOCCOCCOC)nn2)N2C(=O)C=CC2=O)C(C)C)cc1. The van der Waals surface area contributed by atoms with E-state index in [4.69, 9.17) is 67.3 Å². The number of esters is 1. The van der Waals surface area contributed by atoms with Crippen molar-refractivity contribution in [2.75, 3.05) is 171 Å². The van der Waals surface area contributed by atoms with Crippen molar-refractivity contribution in [2.24, 2.45) is 11.7 Å². The molecule has 0 unspecified atom stereocenters. The summed E-state index contributed by atoms with van der Waals surface area (Å²) < 4.78 is 72.0. The minimum absolute atomic E-state index is 0.0557. The minimum atomic E-state index is -1.33. The average molecular weight is 1210 g/mol. The number of amides is 7. The summed E-state index contributed by atoms with van der Waals surface area (Å²) in [5.74, 6) is 0.587. The quantitative estimate of drug-likeness (QED) is 0.0256. The molecule has 1 aromatic heterocycles. The maximum Gasteiger partial charge on any atom is 0.312 e. The fourth-order valence-electron chi connectivity index (χ4n) is 7.16. The van der Waals surface area contributed by atoms with Crippen molar-refractivity contribution in [3.63, 3.8) is 0 Å². The molecule has 2 heterocycles. The molecule has 1 aromatic carbocycles. The first-order valence-corrected chi connectivity index (χ1v) is 28.3. The van der Waals surface area contributed by atoms with Crippen LogP contribution < -0.4 is 27.0 Å². The van der Waals surface area contributed by atoms with Crippen molar-refractivity contribution in [1.29, 1.82) is 0 Å². The Labute approximate surface area is 496 Å². The number of hydrogen-bond acceptors (Lipinski definition) is 22. The van der Waals surface area contributed by atoms with Gasteiger partial charge in [-0.15, -0.1) is 5.10 Å². The monoisotopic (exact) mass is 1210 g/mol. The van der Waals surface area contributed by atoms with Gasteiger partial charge in [0.1, 0.15) is 30.4 Å². The number of methoxy groups -OCH3 is 1. The van der Waals surface area contributed by atoms with E-state index in [1.165, 1.54) is 10.9 Å². The van der Waals surface area contributed by atoms with Gasteiger partial charge in [0.15, 0.2) is 0 Å². The molecule has 0 saturated carbocycles. The van der Waals surface area contributed by atoms with Crippen molar-refractivity contribution in [1.82, 2.24) is 35.8 Å². The third-order valence-corrected chi connectivity index (χ3v) is 11.6. The standard InChI is InChI=1S/C56H87N9O20/c1-5-52(69)85-42-44-8-10-45(11-9-44)59-54(70)46(7-6-16-58-56(57)72)60-55(71)53(43(2)3)61-49(66)13-12-48(65-50(67)14-15-51(65)68)47-41-64(63-62-47)17-18-74-21-22-76-25-26-78-29-30-80-33-34-82-37-38-84-40-39-83-36-35-81-32-31-79-28-27-77-24-23-75-20-19-73-4/h8-11,14-15,41,43,46,48,53H,5-7,16-40,42H2,1-4H3,(H,59,70)(H,60,71)(H,61,66)(H3,57,58,72)/t46-,48+,53-/m0/s1. The first kappa shape index (κ1) is 72.7. The van der Waals surface area contributed by atoms with Gasteiger partial charge in [0.05, 0.1) is 165 Å². The predicted octanol–water partition coefficient (Wildman–Crippen LogP) is 0.243. The van der Waals surface area contributed by atoms with Gasteiger partial charge in [-0.05, 0) is 42.4 Å². The molecular formula is C56H87N9O20. The van der Waals surface area contributed by atoms with Crippen LogP contribution in [0.2, 0.25) is 0 Å². The number of carbonyl (C=O) groups excluding carboxylic acids is 7. The van der Waals surface area contributed by atoms with Crippen LogP contribution in [0.1, 0.15) is 57.3 Å². The molecule has 1 aliphatic rings. The number of nitrogens with two attached hydrogens (primary N) is 1. The van der Waals surface area contributed by atoms with Crippen molar-refractivity contribution in [2.45, 2.75) is 71.3 Å². The molecule has 476 valence electrons. The fourth-order valence-corrected chi connectivity index (χ4v) is 7.16. The van der Waals surface area contributed by atoms with E-state index in [-0.39, 0.29) is 63.8 Å². The van der Waals surface area contributed by atoms with Gasteiger partial charge in [0, 0.05) is 37.9 Å². The minimum Gasteiger partial charge on any atom is -0.461 e. The lowest BCUT2D eigenvalue weighted by Gasteiger charge is -2.25. The number of primary amides is 1. The molecule has 0 spiro atoms. The maximum atomic E-state index is 13.8. The normalized spacial score (nSPS) is 13.1. The summed E-state index contributed by atoms with van der Waals surface area (Å²) in [4.78, 5) is 90.0. The number of benzene rings is 1. The second kappa shape index (κ2) is 46.7. The topological polar surface area (TPSA) is 348 Å². The van der Waals surface area contributed by atoms with Gasteiger partial charge in [-0.25, -0.2) is 9.48 Å². The number of urea groups is 1. The van der Waals surface area contributed by atoms with Gasteiger partial charge in [-0.3, -0.25) is 33.7 Å². The number of ether oxygens (including phenoxy) is 13. The molecule has 0 radical (unpaired) electrons. The number of aromatic nitrogens is 3. The van der Waals surface area contributed by atoms with Crippen LogP contribution in [0.4, 0.5) is 10.5 Å². The number of imide groups is 1. The van der Waals surface area contributed by atoms with E-state index in [1.54, 1.807) is 52.1 Å². The molecule has 29 nitrogen and oxygen atoms in total. The lowest BCUT2D eigenvalue weighted by atomic mass is 10.0. The smallest absolute Gasteiger partial charge is 0.312 e. The molecule has 29 heteroatoms. The molecule has 0 fully saturated rings. The first-order valence-electron chi connectivity index (χ1n) is 28.3. The van der Waals surface area contributed by atoms with E-state index < -0.39 is 59.6 Å². The van der Waals surface area contributed by atoms with Gasteiger partial charge >= 0.3 is 12.0 Å². The van der Waals surface area contributed by atoms with Crippen LogP contribution in [0.15, 0.2) is 42.6 Å². The average Bonchev–Trinajstić information content (AvgIpc) is 4.23. The maximum absolute atomic E-state index is 13.8. The summed E-state index contributed by atoms with van der Waals surface area (Å²) in [6.07, 6.45) is 4.16. The summed E-state index contributed by atoms with van der Waals surface area (Å²) in [7, 11) is 1.63. The van der Waals surface area contributed by atoms with E-state index in [2.05, 4.69) is 43.4 Å². The predicted molar refractivity (Wildman–Crippen MR) is 303 cm³/mol. The van der Waals surface area contributed by atoms with Crippen LogP contribution in [0.5, 0.6) is 0 Å². The van der Waals surface area contributed by atoms with E-state index in [0.29, 0.717) is 150 Å². The van der Waals surface area contributed by atoms with Crippen molar-refractivity contribution in [3.8, 4) is 11.8 Å². The highest BCUT2D eigenvalue weighted by Gasteiger charge is 2.34. The summed E-state index contributed by atoms with van der Waals surface area (Å²) in [5, 5.41) is 18.7. The van der Waals surface area contributed by atoms with E-state index in [0.717, 1.165) is 17.1 Å². The summed E-state index contributed by atoms with van der Waals surface area (Å²) in [5.41, 5.74) is 6.37. The Morgan fingerprint density at radius 3 is 1.52 bits per heavy atom. The second-order valence-electron chi connectivity index (χ2n) is 18.6. The third-order valence-electron chi connectivity index (χ3n) is 11.6. The van der Waals surface area contributed by atoms with E-state index >= 15 is 0 Å². The third kappa shape index (κ3) is 34.3. The van der Waals surface area contributed by atoms with Crippen molar-refractivity contribution >= 4 is 47.2 Å². The van der Waals surface area contributed by atoms with Crippen LogP contribution in [0.3, 0.4) is 0 Å². The Morgan fingerprint density at radius 1 is 0.624 bits per heavy atom. The zero-order valence-corrected chi connectivity index (χ0v) is 49.4. The van der Waals surface area contributed by atoms with Crippen LogP contribution in [0.25, 0.3) is 0 Å². The van der Waals surface area contributed by atoms with Gasteiger partial charge < -0.3 is 88.6 Å². The molecule has 2 aromatic rings. The Bertz CT molecular complexity index is 2300. The Kier molecular flexibility index (Phi) is 40.0. The van der Waals surface area contributed by atoms with Crippen molar-refractivity contribution in [3.05, 3.63) is 53.9 Å². The van der Waals surface area contributed by atoms with Crippen LogP contribution >= 0.6 is 0 Å². The molecule has 6 N–H and O–H groups in total. The highest BCUT2D eigenvalue weighted by Crippen LogP contribution is 2.22. The Hall–Kier alpha value is -6.53. The molecular weight excluding hydrogens is 1120 g/mol. The fraction of sp³-hybridized carbons (Fsp3) is 0.661. The number of hydrogen-bond donors (Lipinski definition) is 5. The molecule has 0 bridgehead atoms. The molecule has 3 rings (SSSR count). The van der Waals surface area contributed by atoms with Gasteiger partial charge in [0.2, 0.25) is 11.8 Å². The molecule has 0 saturated heterocycles. The zero-order chi connectivity index (χ0) is 61.5. The second-order valence-corrected chi connectivity index (χ2v) is 18.6. The van der Waals surface area contributed by atoms with Crippen LogP contribution in [0, 0.1) is 17.8 Å². The molecule has 0 aliphatic carbocycles. The highest BCUT2D eigenvalue weighted by molar-refractivity contribution is 6.13. The number of nitrogens with zero attached hydrogens (tertiary/aromatic N) is 4. The first-order chi connectivity index (χ1) is 41.3. The lowest BCUT2D eigenvalue weighted by molar-refractivity contribution is -0.144. The van der Waals surface area contributed by atoms with Crippen LogP contribution in [-0.2, 0) is 103 Å². The number of nitrogens with one attached hydrogen (secondary N) is 4. The van der Waals surface area contributed by atoms with E-state index in [1.807, 2.05) is 0 Å². The van der Waals surface area contributed by atoms with Gasteiger partial charge in [0.25, 0.3) is 17.7 Å². The molecule has 7 amide bonds. The number of carbonyl (C=O) groups is 7. The van der Waals surface area contributed by atoms with Gasteiger partial charge in [-0.1, -0.05) is 44.0 Å². The lowest BCUT2D eigenvalue weighted by Crippen LogP contribution is -2.54. The number of rotatable bonds is 51. The Morgan fingerprint density at radius 2 is 1.08 bits per heavy atom. The summed E-state index contributed by atoms with van der Waals surface area (Å²) in [6, 6.07) is 2.15. The van der Waals surface area contributed by atoms with Crippen molar-refractivity contribution < 1.29 is 95.1 Å². The molecule has 85 heavy (non-hydrogen) atoms. The summed E-state index contributed by atoms with van der Waals surface area (Å²) >= 11 is 0. The largest absolute Gasteiger partial charge is 0.461 e.